The van der Waals surface area contributed by atoms with Crippen LogP contribution in [-0.2, 0) is 10.2 Å². The van der Waals surface area contributed by atoms with E-state index in [1.54, 1.807) is 9.80 Å². The Balaban J connectivity index is 1.76. The van der Waals surface area contributed by atoms with E-state index in [-0.39, 0.29) is 28.8 Å². The number of anilines is 3. The SMILES string of the molecule is CCOc1cc2c3c(c1)[C@]1(C(=O)N3C(C)(C)C[C@@H]2C)C(C#N)=C(N)N2C(=C1C#N)Nc1ccccc12. The lowest BCUT2D eigenvalue weighted by atomic mass is 9.67. The van der Waals surface area contributed by atoms with Crippen LogP contribution in [0.25, 0.3) is 0 Å². The molecule has 0 radical (unpaired) electrons. The highest BCUT2D eigenvalue weighted by atomic mass is 16.5. The summed E-state index contributed by atoms with van der Waals surface area (Å²) in [7, 11) is 0. The van der Waals surface area contributed by atoms with Gasteiger partial charge in [-0.25, -0.2) is 0 Å². The summed E-state index contributed by atoms with van der Waals surface area (Å²) in [5, 5.41) is 24.5. The van der Waals surface area contributed by atoms with Crippen molar-refractivity contribution in [1.82, 2.24) is 0 Å². The Bertz CT molecular complexity index is 1520. The first-order valence-corrected chi connectivity index (χ1v) is 12.1. The van der Waals surface area contributed by atoms with Crippen molar-refractivity contribution >= 4 is 23.0 Å². The first-order chi connectivity index (χ1) is 17.2. The van der Waals surface area contributed by atoms with Gasteiger partial charge >= 0.3 is 0 Å². The van der Waals surface area contributed by atoms with Crippen molar-refractivity contribution in [1.29, 1.82) is 10.5 Å². The number of nitrogens with one attached hydrogen (secondary N) is 1. The van der Waals surface area contributed by atoms with Crippen molar-refractivity contribution in [3.05, 3.63) is 70.3 Å². The minimum Gasteiger partial charge on any atom is -0.494 e. The van der Waals surface area contributed by atoms with Gasteiger partial charge < -0.3 is 20.7 Å². The Hall–Kier alpha value is -4.43. The van der Waals surface area contributed by atoms with Crippen LogP contribution in [0.3, 0.4) is 0 Å². The molecule has 180 valence electrons. The molecule has 6 rings (SSSR count). The van der Waals surface area contributed by atoms with Crippen molar-refractivity contribution in [2.75, 3.05) is 21.7 Å². The summed E-state index contributed by atoms with van der Waals surface area (Å²) < 4.78 is 5.92. The van der Waals surface area contributed by atoms with Crippen LogP contribution in [0.4, 0.5) is 17.1 Å². The third-order valence-electron chi connectivity index (χ3n) is 7.85. The summed E-state index contributed by atoms with van der Waals surface area (Å²) >= 11 is 0. The number of nitriles is 2. The average molecular weight is 479 g/mol. The molecular weight excluding hydrogens is 452 g/mol. The summed E-state index contributed by atoms with van der Waals surface area (Å²) in [6.45, 7) is 8.54. The monoisotopic (exact) mass is 478 g/mol. The number of amides is 1. The van der Waals surface area contributed by atoms with Crippen molar-refractivity contribution in [3.63, 3.8) is 0 Å². The van der Waals surface area contributed by atoms with Crippen LogP contribution in [0, 0.1) is 22.7 Å². The fourth-order valence-electron chi connectivity index (χ4n) is 6.57. The molecule has 4 aliphatic heterocycles. The van der Waals surface area contributed by atoms with Crippen molar-refractivity contribution < 1.29 is 9.53 Å². The predicted molar refractivity (Wildman–Crippen MR) is 136 cm³/mol. The molecule has 0 bridgehead atoms. The molecule has 1 amide bonds. The van der Waals surface area contributed by atoms with Crippen LogP contribution in [0.5, 0.6) is 5.75 Å². The van der Waals surface area contributed by atoms with Gasteiger partial charge in [-0.3, -0.25) is 9.69 Å². The van der Waals surface area contributed by atoms with Crippen LogP contribution in [0.15, 0.2) is 59.2 Å². The highest BCUT2D eigenvalue weighted by Crippen LogP contribution is 2.62. The van der Waals surface area contributed by atoms with E-state index in [1.165, 1.54) is 0 Å². The van der Waals surface area contributed by atoms with Gasteiger partial charge in [-0.05, 0) is 62.9 Å². The van der Waals surface area contributed by atoms with Gasteiger partial charge in [-0.15, -0.1) is 0 Å². The topological polar surface area (TPSA) is 118 Å². The molecule has 0 saturated carbocycles. The Kier molecular flexibility index (Phi) is 4.32. The third kappa shape index (κ3) is 2.39. The van der Waals surface area contributed by atoms with Gasteiger partial charge in [0.05, 0.1) is 34.8 Å². The zero-order valence-corrected chi connectivity index (χ0v) is 20.6. The largest absolute Gasteiger partial charge is 0.494 e. The molecule has 4 aliphatic rings. The van der Waals surface area contributed by atoms with Crippen LogP contribution in [0.1, 0.15) is 51.2 Å². The predicted octanol–water partition coefficient (Wildman–Crippen LogP) is 4.33. The Morgan fingerprint density at radius 1 is 1.19 bits per heavy atom. The van der Waals surface area contributed by atoms with E-state index >= 15 is 0 Å². The first kappa shape index (κ1) is 22.1. The Labute approximate surface area is 209 Å². The number of nitrogens with two attached hydrogens (primary N) is 1. The number of carbonyl (C=O) groups excluding carboxylic acids is 1. The number of benzene rings is 2. The molecule has 0 aliphatic carbocycles. The lowest BCUT2D eigenvalue weighted by Crippen LogP contribution is -2.55. The van der Waals surface area contributed by atoms with Gasteiger partial charge in [0.25, 0.3) is 0 Å². The Morgan fingerprint density at radius 3 is 2.61 bits per heavy atom. The number of para-hydroxylation sites is 2. The van der Waals surface area contributed by atoms with Gasteiger partial charge in [0.1, 0.15) is 29.5 Å². The highest BCUT2D eigenvalue weighted by molar-refractivity contribution is 6.17. The normalized spacial score (nSPS) is 24.7. The van der Waals surface area contributed by atoms with Gasteiger partial charge in [-0.2, -0.15) is 10.5 Å². The number of carbonyl (C=O) groups is 1. The summed E-state index contributed by atoms with van der Waals surface area (Å²) in [4.78, 5) is 18.2. The molecule has 0 fully saturated rings. The minimum absolute atomic E-state index is 0.0556. The maximum absolute atomic E-state index is 14.7. The molecule has 0 saturated heterocycles. The molecule has 0 aromatic heterocycles. The smallest absolute Gasteiger partial charge is 0.249 e. The zero-order valence-electron chi connectivity index (χ0n) is 20.6. The number of fused-ring (bicyclic) bond motifs is 4. The van der Waals surface area contributed by atoms with Gasteiger partial charge in [0.15, 0.2) is 5.41 Å². The van der Waals surface area contributed by atoms with E-state index in [2.05, 4.69) is 24.4 Å². The second-order valence-corrected chi connectivity index (χ2v) is 10.3. The van der Waals surface area contributed by atoms with Crippen molar-refractivity contribution in [2.24, 2.45) is 5.73 Å². The van der Waals surface area contributed by atoms with E-state index in [4.69, 9.17) is 10.5 Å². The van der Waals surface area contributed by atoms with E-state index in [1.807, 2.05) is 57.2 Å². The van der Waals surface area contributed by atoms with Crippen LogP contribution >= 0.6 is 0 Å². The lowest BCUT2D eigenvalue weighted by Gasteiger charge is -2.44. The average Bonchev–Trinajstić information content (AvgIpc) is 3.34. The molecule has 2 atom stereocenters. The first-order valence-electron chi connectivity index (χ1n) is 12.1. The standard InChI is InChI=1S/C28H26N6O2/c1-5-36-16-10-17-15(2)12-27(3,4)34-23(17)18(11-16)28(26(34)35)19(13-29)24(31)33-22-9-7-6-8-21(22)32-25(33)20(28)14-30/h6-11,15,32H,5,12,31H2,1-4H3/t15-,28-/m0/s1. The lowest BCUT2D eigenvalue weighted by molar-refractivity contribution is -0.122. The third-order valence-corrected chi connectivity index (χ3v) is 7.85. The molecule has 36 heavy (non-hydrogen) atoms. The van der Waals surface area contributed by atoms with E-state index in [0.717, 1.165) is 29.0 Å². The summed E-state index contributed by atoms with van der Waals surface area (Å²) in [5.74, 6) is 0.969. The molecule has 4 heterocycles. The molecule has 1 spiro atoms. The number of nitrogens with zero attached hydrogens (tertiary/aromatic N) is 4. The fraction of sp³-hybridized carbons (Fsp3) is 0.321. The minimum atomic E-state index is -1.67. The van der Waals surface area contributed by atoms with Gasteiger partial charge in [0.2, 0.25) is 5.91 Å². The quantitative estimate of drug-likeness (QED) is 0.659. The van der Waals surface area contributed by atoms with Crippen LogP contribution in [-0.4, -0.2) is 18.1 Å². The molecular formula is C28H26N6O2. The molecule has 2 aromatic carbocycles. The van der Waals surface area contributed by atoms with Crippen molar-refractivity contribution in [3.8, 4) is 17.9 Å². The summed E-state index contributed by atoms with van der Waals surface area (Å²) in [6, 6.07) is 15.9. The van der Waals surface area contributed by atoms with E-state index < -0.39 is 11.0 Å². The summed E-state index contributed by atoms with van der Waals surface area (Å²) in [5.41, 5.74) is 8.51. The molecule has 8 heteroatoms. The number of hydrogen-bond donors (Lipinski definition) is 2. The van der Waals surface area contributed by atoms with Crippen molar-refractivity contribution in [2.45, 2.75) is 51.0 Å². The molecule has 8 nitrogen and oxygen atoms in total. The van der Waals surface area contributed by atoms with Crippen LogP contribution in [0.2, 0.25) is 0 Å². The van der Waals surface area contributed by atoms with Crippen LogP contribution < -0.4 is 25.6 Å². The second-order valence-electron chi connectivity index (χ2n) is 10.3. The zero-order chi connectivity index (χ0) is 25.6. The fourth-order valence-corrected chi connectivity index (χ4v) is 6.57. The Morgan fingerprint density at radius 2 is 1.92 bits per heavy atom. The van der Waals surface area contributed by atoms with E-state index in [0.29, 0.717) is 23.7 Å². The number of ether oxygens (including phenoxy) is 1. The maximum Gasteiger partial charge on any atom is 0.249 e. The highest BCUT2D eigenvalue weighted by Gasteiger charge is 2.65. The van der Waals surface area contributed by atoms with E-state index in [9.17, 15) is 15.3 Å². The van der Waals surface area contributed by atoms with Gasteiger partial charge in [-0.1, -0.05) is 19.1 Å². The maximum atomic E-state index is 14.7. The summed E-state index contributed by atoms with van der Waals surface area (Å²) in [6.07, 6.45) is 0.728. The van der Waals surface area contributed by atoms with Gasteiger partial charge in [0, 0.05) is 11.1 Å². The molecule has 0 unspecified atom stereocenters. The number of rotatable bonds is 2. The number of hydrogen-bond acceptors (Lipinski definition) is 7. The molecule has 2 aromatic rings. The molecule has 3 N–H and O–H groups in total. The second kappa shape index (κ2) is 7.05.